The van der Waals surface area contributed by atoms with Gasteiger partial charge in [-0.05, 0) is 18.4 Å². The van der Waals surface area contributed by atoms with E-state index in [1.807, 2.05) is 18.2 Å². The van der Waals surface area contributed by atoms with Gasteiger partial charge < -0.3 is 5.11 Å². The van der Waals surface area contributed by atoms with Crippen molar-refractivity contribution in [2.75, 3.05) is 0 Å². The molecule has 0 spiro atoms. The van der Waals surface area contributed by atoms with Gasteiger partial charge in [-0.3, -0.25) is 0 Å². The van der Waals surface area contributed by atoms with Crippen LogP contribution in [0.5, 0.6) is 0 Å². The van der Waals surface area contributed by atoms with E-state index in [1.165, 1.54) is 5.56 Å². The molecular weight excluding hydrogens is 148 g/mol. The van der Waals surface area contributed by atoms with Crippen LogP contribution in [0.25, 0.3) is 0 Å². The van der Waals surface area contributed by atoms with Crippen LogP contribution in [0.2, 0.25) is 0 Å². The van der Waals surface area contributed by atoms with Crippen molar-refractivity contribution in [3.05, 3.63) is 35.9 Å². The van der Waals surface area contributed by atoms with Gasteiger partial charge in [-0.25, -0.2) is 0 Å². The molecule has 0 unspecified atom stereocenters. The molecule has 1 aromatic rings. The van der Waals surface area contributed by atoms with E-state index in [0.717, 1.165) is 12.8 Å². The largest absolute Gasteiger partial charge is 0.389 e. The van der Waals surface area contributed by atoms with Crippen LogP contribution in [-0.2, 0) is 0 Å². The summed E-state index contributed by atoms with van der Waals surface area (Å²) in [4.78, 5) is 0. The zero-order valence-electron chi connectivity index (χ0n) is 7.33. The third-order valence-corrected chi connectivity index (χ3v) is 2.87. The Balaban J connectivity index is 2.20. The van der Waals surface area contributed by atoms with Crippen molar-refractivity contribution in [1.29, 1.82) is 0 Å². The monoisotopic (exact) mass is 162 g/mol. The maximum absolute atomic E-state index is 9.85. The molecule has 0 amide bonds. The normalized spacial score (nSPS) is 21.8. The van der Waals surface area contributed by atoms with E-state index in [2.05, 4.69) is 19.1 Å². The Hall–Kier alpha value is -0.820. The summed E-state index contributed by atoms with van der Waals surface area (Å²) in [5.41, 5.74) is 0.860. The summed E-state index contributed by atoms with van der Waals surface area (Å²) in [6, 6.07) is 10.2. The van der Waals surface area contributed by atoms with Crippen LogP contribution in [0.1, 0.15) is 31.2 Å². The molecule has 64 valence electrons. The van der Waals surface area contributed by atoms with E-state index in [9.17, 15) is 5.11 Å². The predicted molar refractivity (Wildman–Crippen MR) is 49.0 cm³/mol. The van der Waals surface area contributed by atoms with Crippen LogP contribution in [0, 0.1) is 0 Å². The topological polar surface area (TPSA) is 20.2 Å². The number of hydrogen-bond acceptors (Lipinski definition) is 1. The summed E-state index contributed by atoms with van der Waals surface area (Å²) in [7, 11) is 0. The molecule has 1 saturated carbocycles. The number of benzene rings is 1. The van der Waals surface area contributed by atoms with E-state index in [4.69, 9.17) is 0 Å². The van der Waals surface area contributed by atoms with Gasteiger partial charge in [0.15, 0.2) is 0 Å². The van der Waals surface area contributed by atoms with Gasteiger partial charge in [0, 0.05) is 5.92 Å². The summed E-state index contributed by atoms with van der Waals surface area (Å²) in [6.45, 7) is 2.10. The van der Waals surface area contributed by atoms with Crippen LogP contribution in [0.4, 0.5) is 0 Å². The van der Waals surface area contributed by atoms with Gasteiger partial charge in [0.1, 0.15) is 0 Å². The fraction of sp³-hybridized carbons (Fsp3) is 0.455. The molecule has 0 radical (unpaired) electrons. The van der Waals surface area contributed by atoms with Crippen molar-refractivity contribution in [2.45, 2.75) is 31.3 Å². The van der Waals surface area contributed by atoms with E-state index in [-0.39, 0.29) is 5.60 Å². The molecule has 0 bridgehead atoms. The second-order valence-corrected chi connectivity index (χ2v) is 3.74. The Labute approximate surface area is 73.0 Å². The molecule has 1 aliphatic rings. The van der Waals surface area contributed by atoms with Gasteiger partial charge in [0.05, 0.1) is 5.60 Å². The van der Waals surface area contributed by atoms with E-state index >= 15 is 0 Å². The Morgan fingerprint density at radius 3 is 2.33 bits per heavy atom. The SMILES string of the molecule is C[C@@H](c1ccccc1)C1(O)CC1. The molecule has 12 heavy (non-hydrogen) atoms. The molecule has 1 atom stereocenters. The van der Waals surface area contributed by atoms with Crippen LogP contribution in [0.3, 0.4) is 0 Å². The van der Waals surface area contributed by atoms with Crippen LogP contribution in [-0.4, -0.2) is 10.7 Å². The Morgan fingerprint density at radius 1 is 1.25 bits per heavy atom. The highest BCUT2D eigenvalue weighted by Crippen LogP contribution is 2.46. The van der Waals surface area contributed by atoms with E-state index in [1.54, 1.807) is 0 Å². The van der Waals surface area contributed by atoms with Crippen molar-refractivity contribution < 1.29 is 5.11 Å². The van der Waals surface area contributed by atoms with Crippen molar-refractivity contribution in [2.24, 2.45) is 0 Å². The van der Waals surface area contributed by atoms with E-state index < -0.39 is 0 Å². The van der Waals surface area contributed by atoms with Crippen molar-refractivity contribution in [3.63, 3.8) is 0 Å². The second-order valence-electron chi connectivity index (χ2n) is 3.74. The third-order valence-electron chi connectivity index (χ3n) is 2.87. The Kier molecular flexibility index (Phi) is 1.69. The molecule has 0 heterocycles. The number of rotatable bonds is 2. The average molecular weight is 162 g/mol. The van der Waals surface area contributed by atoms with Crippen molar-refractivity contribution in [1.82, 2.24) is 0 Å². The lowest BCUT2D eigenvalue weighted by Gasteiger charge is -2.17. The predicted octanol–water partition coefficient (Wildman–Crippen LogP) is 2.32. The standard InChI is InChI=1S/C11H14O/c1-9(11(12)7-8-11)10-5-3-2-4-6-10/h2-6,9,12H,7-8H2,1H3/t9-/m0/s1. The summed E-state index contributed by atoms with van der Waals surface area (Å²) < 4.78 is 0. The zero-order valence-corrected chi connectivity index (χ0v) is 7.33. The first kappa shape index (κ1) is 7.81. The van der Waals surface area contributed by atoms with Gasteiger partial charge in [-0.2, -0.15) is 0 Å². The number of hydrogen-bond donors (Lipinski definition) is 1. The van der Waals surface area contributed by atoms with Gasteiger partial charge in [-0.15, -0.1) is 0 Å². The first-order chi connectivity index (χ1) is 5.72. The molecule has 1 fully saturated rings. The second kappa shape index (κ2) is 2.60. The maximum Gasteiger partial charge on any atom is 0.0715 e. The molecule has 1 nitrogen and oxygen atoms in total. The molecule has 1 aromatic carbocycles. The molecule has 1 heteroatoms. The lowest BCUT2D eigenvalue weighted by Crippen LogP contribution is -2.16. The average Bonchev–Trinajstić information content (AvgIpc) is 2.85. The lowest BCUT2D eigenvalue weighted by atomic mass is 9.94. The minimum absolute atomic E-state index is 0.290. The molecule has 1 N–H and O–H groups in total. The minimum Gasteiger partial charge on any atom is -0.389 e. The van der Waals surface area contributed by atoms with E-state index in [0.29, 0.717) is 5.92 Å². The molecule has 2 rings (SSSR count). The van der Waals surface area contributed by atoms with Crippen LogP contribution >= 0.6 is 0 Å². The smallest absolute Gasteiger partial charge is 0.0715 e. The summed E-state index contributed by atoms with van der Waals surface area (Å²) in [5.74, 6) is 0.290. The highest BCUT2D eigenvalue weighted by atomic mass is 16.3. The van der Waals surface area contributed by atoms with Crippen molar-refractivity contribution >= 4 is 0 Å². The first-order valence-corrected chi connectivity index (χ1v) is 4.50. The van der Waals surface area contributed by atoms with Gasteiger partial charge in [-0.1, -0.05) is 37.3 Å². The summed E-state index contributed by atoms with van der Waals surface area (Å²) >= 11 is 0. The highest BCUT2D eigenvalue weighted by Gasteiger charge is 2.45. The van der Waals surface area contributed by atoms with Crippen LogP contribution < -0.4 is 0 Å². The molecule has 0 aliphatic heterocycles. The Bertz CT molecular complexity index is 262. The fourth-order valence-corrected chi connectivity index (χ4v) is 1.61. The summed E-state index contributed by atoms with van der Waals surface area (Å²) in [5, 5.41) is 9.85. The molecule has 0 saturated heterocycles. The fourth-order valence-electron chi connectivity index (χ4n) is 1.61. The quantitative estimate of drug-likeness (QED) is 0.707. The van der Waals surface area contributed by atoms with Gasteiger partial charge in [0.25, 0.3) is 0 Å². The summed E-state index contributed by atoms with van der Waals surface area (Å²) in [6.07, 6.45) is 1.92. The molecule has 0 aromatic heterocycles. The van der Waals surface area contributed by atoms with Crippen LogP contribution in [0.15, 0.2) is 30.3 Å². The Morgan fingerprint density at radius 2 is 1.83 bits per heavy atom. The minimum atomic E-state index is -0.388. The first-order valence-electron chi connectivity index (χ1n) is 4.50. The lowest BCUT2D eigenvalue weighted by molar-refractivity contribution is 0.124. The maximum atomic E-state index is 9.85. The molecule has 1 aliphatic carbocycles. The number of aliphatic hydroxyl groups is 1. The van der Waals surface area contributed by atoms with Gasteiger partial charge >= 0.3 is 0 Å². The molecular formula is C11H14O. The highest BCUT2D eigenvalue weighted by molar-refractivity contribution is 5.24. The van der Waals surface area contributed by atoms with Crippen molar-refractivity contribution in [3.8, 4) is 0 Å². The third kappa shape index (κ3) is 1.25. The van der Waals surface area contributed by atoms with Gasteiger partial charge in [0.2, 0.25) is 0 Å². The zero-order chi connectivity index (χ0) is 8.60.